The zero-order valence-electron chi connectivity index (χ0n) is 23.1. The first-order valence-corrected chi connectivity index (χ1v) is 14.4. The highest BCUT2D eigenvalue weighted by atomic mass is 32.2. The average Bonchev–Trinajstić information content (AvgIpc) is 3.33. The summed E-state index contributed by atoms with van der Waals surface area (Å²) in [5.74, 6) is 1.38. The summed E-state index contributed by atoms with van der Waals surface area (Å²) in [7, 11) is -1.01. The normalized spacial score (nSPS) is 17.6. The van der Waals surface area contributed by atoms with Crippen LogP contribution in [0.15, 0.2) is 30.6 Å². The van der Waals surface area contributed by atoms with Crippen LogP contribution < -0.4 is 14.2 Å². The second-order valence-electron chi connectivity index (χ2n) is 9.68. The van der Waals surface area contributed by atoms with E-state index in [9.17, 15) is 8.42 Å². The van der Waals surface area contributed by atoms with Gasteiger partial charge in [-0.2, -0.15) is 0 Å². The molecule has 1 aromatic carbocycles. The summed E-state index contributed by atoms with van der Waals surface area (Å²) in [6.07, 6.45) is 3.66. The van der Waals surface area contributed by atoms with Crippen LogP contribution in [-0.4, -0.2) is 71.9 Å². The number of anilines is 1. The number of para-hydroxylation sites is 1. The molecular formula is C26H36N6O6S. The van der Waals surface area contributed by atoms with Crippen molar-refractivity contribution in [2.45, 2.75) is 63.9 Å². The molecule has 1 saturated heterocycles. The van der Waals surface area contributed by atoms with Gasteiger partial charge >= 0.3 is 0 Å². The fourth-order valence-electron chi connectivity index (χ4n) is 4.49. The van der Waals surface area contributed by atoms with Gasteiger partial charge < -0.3 is 18.9 Å². The fraction of sp³-hybridized carbons (Fsp3) is 0.538. The molecule has 0 radical (unpaired) electrons. The van der Waals surface area contributed by atoms with E-state index in [0.29, 0.717) is 47.6 Å². The number of hydrogen-bond acceptors (Lipinski definition) is 10. The van der Waals surface area contributed by atoms with Crippen LogP contribution >= 0.6 is 0 Å². The third kappa shape index (κ3) is 6.31. The number of nitrogens with zero attached hydrogens (tertiary/aromatic N) is 5. The van der Waals surface area contributed by atoms with Gasteiger partial charge in [0, 0.05) is 18.7 Å². The van der Waals surface area contributed by atoms with Crippen molar-refractivity contribution in [1.82, 2.24) is 24.7 Å². The summed E-state index contributed by atoms with van der Waals surface area (Å²) in [6, 6.07) is 5.32. The minimum Gasteiger partial charge on any atom is -0.494 e. The summed E-state index contributed by atoms with van der Waals surface area (Å²) < 4.78 is 55.0. The van der Waals surface area contributed by atoms with E-state index in [2.05, 4.69) is 24.9 Å². The molecule has 3 aromatic rings. The Bertz CT molecular complexity index is 1330. The lowest BCUT2D eigenvalue weighted by Gasteiger charge is -2.27. The van der Waals surface area contributed by atoms with E-state index in [1.807, 2.05) is 20.8 Å². The smallest absolute Gasteiger partial charge is 0.243 e. The molecule has 0 bridgehead atoms. The molecule has 12 nitrogen and oxygen atoms in total. The number of rotatable bonds is 11. The topological polar surface area (TPSA) is 140 Å². The van der Waals surface area contributed by atoms with Crippen molar-refractivity contribution in [3.05, 3.63) is 47.8 Å². The molecule has 0 saturated carbocycles. The van der Waals surface area contributed by atoms with E-state index in [1.54, 1.807) is 35.9 Å². The number of benzene rings is 1. The van der Waals surface area contributed by atoms with Crippen molar-refractivity contribution in [2.24, 2.45) is 0 Å². The number of aryl methyl sites for hydroxylation is 1. The van der Waals surface area contributed by atoms with Crippen LogP contribution in [0.2, 0.25) is 0 Å². The third-order valence-electron chi connectivity index (χ3n) is 6.50. The molecule has 13 heteroatoms. The maximum Gasteiger partial charge on any atom is 0.243 e. The van der Waals surface area contributed by atoms with Crippen LogP contribution in [0.4, 0.5) is 5.95 Å². The number of hydrogen-bond donors (Lipinski definition) is 1. The van der Waals surface area contributed by atoms with E-state index >= 15 is 0 Å². The van der Waals surface area contributed by atoms with Gasteiger partial charge in [-0.3, -0.25) is 19.3 Å². The number of sulfonamides is 1. The first-order chi connectivity index (χ1) is 18.7. The van der Waals surface area contributed by atoms with Crippen LogP contribution in [0.5, 0.6) is 11.5 Å². The van der Waals surface area contributed by atoms with Crippen LogP contribution in [0.3, 0.4) is 0 Å². The Labute approximate surface area is 229 Å². The van der Waals surface area contributed by atoms with Crippen LogP contribution in [0, 0.1) is 6.92 Å². The molecule has 3 atom stereocenters. The molecule has 0 aliphatic carbocycles. The molecule has 1 fully saturated rings. The Balaban J connectivity index is 1.79. The molecule has 0 amide bonds. The molecule has 0 spiro atoms. The molecule has 1 aliphatic rings. The summed E-state index contributed by atoms with van der Waals surface area (Å²) in [5.41, 5.74) is 1.62. The fourth-order valence-corrected chi connectivity index (χ4v) is 5.59. The van der Waals surface area contributed by atoms with E-state index in [-0.39, 0.29) is 18.0 Å². The Morgan fingerprint density at radius 2 is 1.79 bits per heavy atom. The van der Waals surface area contributed by atoms with Crippen molar-refractivity contribution >= 4 is 16.0 Å². The number of aromatic nitrogens is 5. The Morgan fingerprint density at radius 1 is 1.08 bits per heavy atom. The zero-order valence-corrected chi connectivity index (χ0v) is 23.9. The highest BCUT2D eigenvalue weighted by molar-refractivity contribution is 7.93. The molecule has 2 aromatic heterocycles. The highest BCUT2D eigenvalue weighted by Gasteiger charge is 2.36. The average molecular weight is 561 g/mol. The summed E-state index contributed by atoms with van der Waals surface area (Å²) >= 11 is 0. The molecule has 1 aliphatic heterocycles. The first-order valence-electron chi connectivity index (χ1n) is 12.9. The van der Waals surface area contributed by atoms with Crippen LogP contribution in [0.1, 0.15) is 62.8 Å². The summed E-state index contributed by atoms with van der Waals surface area (Å²) in [4.78, 5) is 8.67. The Hall–Kier alpha value is -3.29. The van der Waals surface area contributed by atoms with Crippen LogP contribution in [-0.2, 0) is 19.5 Å². The van der Waals surface area contributed by atoms with Gasteiger partial charge in [0.15, 0.2) is 0 Å². The quantitative estimate of drug-likeness (QED) is 0.370. The van der Waals surface area contributed by atoms with Gasteiger partial charge in [-0.05, 0) is 52.7 Å². The molecular weight excluding hydrogens is 524 g/mol. The number of nitrogens with one attached hydrogen (secondary N) is 1. The minimum absolute atomic E-state index is 0.00325. The van der Waals surface area contributed by atoms with Gasteiger partial charge in [0.2, 0.25) is 16.0 Å². The predicted octanol–water partition coefficient (Wildman–Crippen LogP) is 3.57. The van der Waals surface area contributed by atoms with E-state index in [0.717, 1.165) is 12.8 Å². The van der Waals surface area contributed by atoms with Gasteiger partial charge in [0.1, 0.15) is 34.4 Å². The maximum atomic E-state index is 13.8. The van der Waals surface area contributed by atoms with Gasteiger partial charge in [0.25, 0.3) is 0 Å². The van der Waals surface area contributed by atoms with Gasteiger partial charge in [-0.15, -0.1) is 10.2 Å². The Morgan fingerprint density at radius 3 is 2.36 bits per heavy atom. The van der Waals surface area contributed by atoms with E-state index in [1.165, 1.54) is 20.4 Å². The molecule has 1 N–H and O–H groups in total. The monoisotopic (exact) mass is 560 g/mol. The molecule has 212 valence electrons. The van der Waals surface area contributed by atoms with Gasteiger partial charge in [-0.1, -0.05) is 6.07 Å². The van der Waals surface area contributed by atoms with Crippen molar-refractivity contribution in [3.63, 3.8) is 0 Å². The van der Waals surface area contributed by atoms with Crippen molar-refractivity contribution in [1.29, 1.82) is 0 Å². The highest BCUT2D eigenvalue weighted by Crippen LogP contribution is 2.38. The summed E-state index contributed by atoms with van der Waals surface area (Å²) in [6.45, 7) is 8.16. The van der Waals surface area contributed by atoms with Crippen molar-refractivity contribution in [3.8, 4) is 17.2 Å². The lowest BCUT2D eigenvalue weighted by molar-refractivity contribution is 0.00394. The van der Waals surface area contributed by atoms with Gasteiger partial charge in [0.05, 0.1) is 44.5 Å². The molecule has 3 heterocycles. The first kappa shape index (κ1) is 28.7. The van der Waals surface area contributed by atoms with Gasteiger partial charge in [-0.25, -0.2) is 8.42 Å². The lowest BCUT2D eigenvalue weighted by atomic mass is 10.0. The second kappa shape index (κ2) is 12.3. The van der Waals surface area contributed by atoms with Crippen molar-refractivity contribution < 1.29 is 27.4 Å². The molecule has 39 heavy (non-hydrogen) atoms. The van der Waals surface area contributed by atoms with E-state index < -0.39 is 21.4 Å². The second-order valence-corrected chi connectivity index (χ2v) is 11.7. The van der Waals surface area contributed by atoms with Crippen LogP contribution in [0.25, 0.3) is 5.69 Å². The zero-order chi connectivity index (χ0) is 28.2. The standard InChI is InChI=1S/C26H36N6O6S/c1-16(2)38-24(20-14-27-17(3)13-28-20)18(4)39(33,34)31-26-30-29-25(19-9-8-12-37-15-19)32(26)23-21(35-5)10-7-11-22(23)36-6/h7,10-11,13-14,16,18-19,24H,8-9,12,15H2,1-6H3,(H,30,31)/t18-,19-,24+/m0/s1. The third-order valence-corrected chi connectivity index (χ3v) is 8.19. The number of methoxy groups -OCH3 is 2. The lowest BCUT2D eigenvalue weighted by Crippen LogP contribution is -2.34. The number of ether oxygens (including phenoxy) is 4. The SMILES string of the molecule is COc1cccc(OC)c1-n1c(NS(=O)(=O)[C@@H](C)[C@@H](OC(C)C)c2cnc(C)cn2)nnc1[C@H]1CCCOC1. The van der Waals surface area contributed by atoms with E-state index in [4.69, 9.17) is 18.9 Å². The largest absolute Gasteiger partial charge is 0.494 e. The predicted molar refractivity (Wildman–Crippen MR) is 145 cm³/mol. The summed E-state index contributed by atoms with van der Waals surface area (Å²) in [5, 5.41) is 7.64. The molecule has 4 rings (SSSR count). The van der Waals surface area contributed by atoms with Crippen molar-refractivity contribution in [2.75, 3.05) is 32.2 Å². The Kier molecular flexibility index (Phi) is 9.03. The minimum atomic E-state index is -4.08. The molecule has 0 unspecified atom stereocenters. The maximum absolute atomic E-state index is 13.8.